The molecule has 3 saturated carbocycles. The van der Waals surface area contributed by atoms with E-state index in [0.717, 1.165) is 86.9 Å². The number of carbonyl (C=O) groups excluding carboxylic acids is 2. The number of unbranched alkanes of at least 4 members (excludes halogenated alkanes) is 22. The van der Waals surface area contributed by atoms with Crippen LogP contribution in [0.3, 0.4) is 0 Å². The molecule has 4 aliphatic rings. The summed E-state index contributed by atoms with van der Waals surface area (Å²) in [4.78, 5) is 23.8. The molecule has 0 aromatic rings. The summed E-state index contributed by atoms with van der Waals surface area (Å²) in [7, 11) is 0. The minimum atomic E-state index is -0.342. The fraction of sp³-hybridized carbons (Fsp3) is 0.873. The standard InChI is InChI=1S/C36H66O3.C27H46O/c1-3-5-7-9-11-13-15-17-19-21-23-25-27-29-31-33-35(37)39-36(38)34-32-30-28-26-24-22-20-18-16-14-12-10-8-6-4-2;1-18(2)7-6-8-19(3)23-11-12-24-22-10-9-20-17-21(28)13-15-26(20,4)25(22)14-16-27(23,24)5/h17-20H,3-16,21-34H2,1-2H3;9,18-19,21-25,28H,6-8,10-17H2,1-5H3/t;19-,21+,22+,23-,24+,25+,26+,27-/m.1/s1. The quantitative estimate of drug-likeness (QED) is 0.0298. The van der Waals surface area contributed by atoms with Crippen molar-refractivity contribution in [3.05, 3.63) is 36.0 Å². The monoisotopic (exact) mass is 933 g/mol. The van der Waals surface area contributed by atoms with Crippen molar-refractivity contribution in [2.45, 2.75) is 305 Å². The molecule has 1 N–H and O–H groups in total. The van der Waals surface area contributed by atoms with Gasteiger partial charge in [-0.1, -0.05) is 206 Å². The number of hydrogen-bond acceptors (Lipinski definition) is 4. The van der Waals surface area contributed by atoms with E-state index < -0.39 is 0 Å². The maximum atomic E-state index is 11.9. The van der Waals surface area contributed by atoms with Crippen LogP contribution in [0, 0.1) is 46.3 Å². The third-order valence-electron chi connectivity index (χ3n) is 17.8. The average molecular weight is 934 g/mol. The molecule has 4 aliphatic carbocycles. The van der Waals surface area contributed by atoms with Gasteiger partial charge in [-0.05, 0) is 162 Å². The van der Waals surface area contributed by atoms with Crippen molar-refractivity contribution < 1.29 is 19.4 Å². The number of ether oxygens (including phenoxy) is 1. The maximum absolute atomic E-state index is 11.9. The van der Waals surface area contributed by atoms with Crippen molar-refractivity contribution in [2.24, 2.45) is 46.3 Å². The minimum absolute atomic E-state index is 0.0766. The van der Waals surface area contributed by atoms with E-state index in [9.17, 15) is 14.7 Å². The number of aliphatic hydroxyl groups excluding tert-OH is 1. The Labute approximate surface area is 417 Å². The van der Waals surface area contributed by atoms with Crippen molar-refractivity contribution in [3.63, 3.8) is 0 Å². The second-order valence-corrected chi connectivity index (χ2v) is 23.7. The van der Waals surface area contributed by atoms with E-state index in [2.05, 4.69) is 78.8 Å². The predicted molar refractivity (Wildman–Crippen MR) is 289 cm³/mol. The number of allylic oxidation sites excluding steroid dienone is 5. The van der Waals surface area contributed by atoms with Crippen molar-refractivity contribution >= 4 is 11.9 Å². The molecule has 4 rings (SSSR count). The highest BCUT2D eigenvalue weighted by Crippen LogP contribution is 2.67. The number of fused-ring (bicyclic) bond motifs is 5. The molecule has 0 heterocycles. The lowest BCUT2D eigenvalue weighted by molar-refractivity contribution is -0.159. The molecule has 0 bridgehead atoms. The van der Waals surface area contributed by atoms with Crippen molar-refractivity contribution in [3.8, 4) is 0 Å². The number of rotatable bonds is 35. The Balaban J connectivity index is 0.000000371. The summed E-state index contributed by atoms with van der Waals surface area (Å²) in [6, 6.07) is 0. The van der Waals surface area contributed by atoms with Crippen LogP contribution in [0.25, 0.3) is 0 Å². The molecule has 4 heteroatoms. The summed E-state index contributed by atoms with van der Waals surface area (Å²) in [5, 5.41) is 10.2. The summed E-state index contributed by atoms with van der Waals surface area (Å²) in [6.07, 6.45) is 59.4. The molecule has 0 saturated heterocycles. The number of aliphatic hydroxyl groups is 1. The molecule has 0 aliphatic heterocycles. The zero-order valence-corrected chi connectivity index (χ0v) is 45.7. The molecular formula is C63H112O4. The van der Waals surface area contributed by atoms with Crippen LogP contribution in [0.5, 0.6) is 0 Å². The van der Waals surface area contributed by atoms with E-state index in [-0.39, 0.29) is 18.0 Å². The molecule has 0 amide bonds. The van der Waals surface area contributed by atoms with Gasteiger partial charge >= 0.3 is 11.9 Å². The lowest BCUT2D eigenvalue weighted by Gasteiger charge is -2.58. The first kappa shape index (κ1) is 59.6. The lowest BCUT2D eigenvalue weighted by atomic mass is 9.47. The molecule has 8 atom stereocenters. The van der Waals surface area contributed by atoms with Crippen molar-refractivity contribution in [1.82, 2.24) is 0 Å². The van der Waals surface area contributed by atoms with Gasteiger partial charge in [0.25, 0.3) is 0 Å². The van der Waals surface area contributed by atoms with Crippen molar-refractivity contribution in [1.29, 1.82) is 0 Å². The molecule has 67 heavy (non-hydrogen) atoms. The second-order valence-electron chi connectivity index (χ2n) is 23.7. The van der Waals surface area contributed by atoms with Gasteiger partial charge in [-0.3, -0.25) is 9.59 Å². The van der Waals surface area contributed by atoms with E-state index in [1.165, 1.54) is 186 Å². The van der Waals surface area contributed by atoms with Gasteiger partial charge in [-0.15, -0.1) is 0 Å². The van der Waals surface area contributed by atoms with E-state index in [4.69, 9.17) is 4.74 Å². The Bertz CT molecular complexity index is 1330. The van der Waals surface area contributed by atoms with Crippen LogP contribution in [0.15, 0.2) is 36.0 Å². The molecule has 388 valence electrons. The second kappa shape index (κ2) is 35.4. The Kier molecular flexibility index (Phi) is 31.5. The molecule has 0 aromatic heterocycles. The first-order chi connectivity index (χ1) is 32.5. The molecule has 0 radical (unpaired) electrons. The third-order valence-corrected chi connectivity index (χ3v) is 17.8. The molecule has 0 aromatic carbocycles. The number of hydrogen-bond donors (Lipinski definition) is 1. The van der Waals surface area contributed by atoms with Crippen LogP contribution in [0.4, 0.5) is 0 Å². The van der Waals surface area contributed by atoms with Crippen LogP contribution in [0.2, 0.25) is 0 Å². The fourth-order valence-corrected chi connectivity index (χ4v) is 13.6. The summed E-state index contributed by atoms with van der Waals surface area (Å²) in [6.45, 7) is 17.1. The van der Waals surface area contributed by atoms with E-state index in [1.807, 2.05) is 0 Å². The highest BCUT2D eigenvalue weighted by molar-refractivity contribution is 5.85. The van der Waals surface area contributed by atoms with Gasteiger partial charge in [-0.25, -0.2) is 0 Å². The van der Waals surface area contributed by atoms with Crippen LogP contribution in [0.1, 0.15) is 299 Å². The topological polar surface area (TPSA) is 63.6 Å². The largest absolute Gasteiger partial charge is 0.393 e. The van der Waals surface area contributed by atoms with Gasteiger partial charge in [-0.2, -0.15) is 0 Å². The first-order valence-electron chi connectivity index (χ1n) is 29.9. The van der Waals surface area contributed by atoms with Crippen LogP contribution < -0.4 is 0 Å². The maximum Gasteiger partial charge on any atom is 0.313 e. The fourth-order valence-electron chi connectivity index (χ4n) is 13.6. The minimum Gasteiger partial charge on any atom is -0.393 e. The molecular weight excluding hydrogens is 821 g/mol. The van der Waals surface area contributed by atoms with E-state index in [1.54, 1.807) is 5.57 Å². The average Bonchev–Trinajstić information content (AvgIpc) is 3.66. The van der Waals surface area contributed by atoms with Gasteiger partial charge < -0.3 is 9.84 Å². The molecule has 4 nitrogen and oxygen atoms in total. The normalized spacial score (nSPS) is 26.2. The van der Waals surface area contributed by atoms with Gasteiger partial charge in [0.1, 0.15) is 0 Å². The Hall–Kier alpha value is -1.68. The first-order valence-corrected chi connectivity index (χ1v) is 29.9. The highest BCUT2D eigenvalue weighted by Gasteiger charge is 2.59. The molecule has 3 fully saturated rings. The van der Waals surface area contributed by atoms with Gasteiger partial charge in [0.15, 0.2) is 0 Å². The van der Waals surface area contributed by atoms with Crippen LogP contribution in [-0.2, 0) is 14.3 Å². The Morgan fingerprint density at radius 3 is 1.57 bits per heavy atom. The smallest absolute Gasteiger partial charge is 0.313 e. The Morgan fingerprint density at radius 2 is 1.07 bits per heavy atom. The van der Waals surface area contributed by atoms with Crippen LogP contribution >= 0.6 is 0 Å². The zero-order chi connectivity index (χ0) is 48.6. The molecule has 0 spiro atoms. The molecule has 0 unspecified atom stereocenters. The number of carbonyl (C=O) groups is 2. The third kappa shape index (κ3) is 23.0. The van der Waals surface area contributed by atoms with E-state index in [0.29, 0.717) is 23.7 Å². The Morgan fingerprint density at radius 1 is 0.597 bits per heavy atom. The lowest BCUT2D eigenvalue weighted by Crippen LogP contribution is -2.50. The SMILES string of the molecule is CC(C)CCC[C@@H](C)[C@H]1CC[C@H]2[C@@H]3CC=C4C[C@@H](O)CC[C@]4(C)[C@H]3CC[C@]12C.CCCCCCCCC=CCCCCCCCC(=O)OC(=O)CCCCCCCC=CCCCCCCCC. The van der Waals surface area contributed by atoms with Gasteiger partial charge in [0.2, 0.25) is 0 Å². The number of esters is 2. The highest BCUT2D eigenvalue weighted by atomic mass is 16.6. The van der Waals surface area contributed by atoms with Gasteiger partial charge in [0, 0.05) is 12.8 Å². The van der Waals surface area contributed by atoms with Crippen molar-refractivity contribution in [2.75, 3.05) is 0 Å². The summed E-state index contributed by atoms with van der Waals surface area (Å²) in [5.74, 6) is 4.77. The van der Waals surface area contributed by atoms with Crippen LogP contribution in [-0.4, -0.2) is 23.1 Å². The summed E-state index contributed by atoms with van der Waals surface area (Å²) >= 11 is 0. The van der Waals surface area contributed by atoms with Gasteiger partial charge in [0.05, 0.1) is 6.10 Å². The summed E-state index contributed by atoms with van der Waals surface area (Å²) < 4.78 is 4.99. The van der Waals surface area contributed by atoms with E-state index >= 15 is 0 Å². The zero-order valence-electron chi connectivity index (χ0n) is 45.7. The summed E-state index contributed by atoms with van der Waals surface area (Å²) in [5.41, 5.74) is 2.60. The predicted octanol–water partition coefficient (Wildman–Crippen LogP) is 19.5.